The first-order valence-electron chi connectivity index (χ1n) is 8.78. The van der Waals surface area contributed by atoms with E-state index in [1.54, 1.807) is 13.2 Å². The second-order valence-corrected chi connectivity index (χ2v) is 5.65. The number of nitrogens with zero attached hydrogens (tertiary/aromatic N) is 1. The Hall–Kier alpha value is -2.08. The minimum atomic E-state index is -4.41. The van der Waals surface area contributed by atoms with Crippen molar-refractivity contribution < 1.29 is 17.9 Å². The second kappa shape index (κ2) is 10.8. The Kier molecular flexibility index (Phi) is 9.13. The largest absolute Gasteiger partial charge is 0.497 e. The van der Waals surface area contributed by atoms with Gasteiger partial charge in [0.25, 0.3) is 0 Å². The number of pyridine rings is 1. The molecule has 1 atom stereocenters. The van der Waals surface area contributed by atoms with E-state index in [1.165, 1.54) is 11.6 Å². The number of alkyl halides is 3. The molecular weight excluding hydrogens is 341 g/mol. The molecule has 0 aliphatic rings. The fourth-order valence-corrected chi connectivity index (χ4v) is 2.33. The molecule has 1 aromatic heterocycles. The third-order valence-electron chi connectivity index (χ3n) is 3.77. The molecule has 0 fully saturated rings. The summed E-state index contributed by atoms with van der Waals surface area (Å²) in [7, 11) is 1.62. The van der Waals surface area contributed by atoms with Crippen LogP contribution < -0.4 is 10.1 Å². The van der Waals surface area contributed by atoms with Gasteiger partial charge >= 0.3 is 6.18 Å². The molecule has 0 spiro atoms. The van der Waals surface area contributed by atoms with Gasteiger partial charge in [-0.2, -0.15) is 13.2 Å². The summed E-state index contributed by atoms with van der Waals surface area (Å²) < 4.78 is 43.2. The number of benzene rings is 1. The van der Waals surface area contributed by atoms with Gasteiger partial charge in [-0.3, -0.25) is 0 Å². The van der Waals surface area contributed by atoms with Gasteiger partial charge in [0.1, 0.15) is 11.4 Å². The van der Waals surface area contributed by atoms with E-state index in [2.05, 4.69) is 10.3 Å². The highest BCUT2D eigenvalue weighted by atomic mass is 19.4. The van der Waals surface area contributed by atoms with Gasteiger partial charge in [0.15, 0.2) is 0 Å². The zero-order valence-corrected chi connectivity index (χ0v) is 15.7. The average molecular weight is 368 g/mol. The molecule has 0 aliphatic carbocycles. The lowest BCUT2D eigenvalue weighted by Crippen LogP contribution is -2.23. The third-order valence-corrected chi connectivity index (χ3v) is 3.77. The zero-order valence-electron chi connectivity index (χ0n) is 15.7. The molecular formula is C20H27F3N2O. The van der Waals surface area contributed by atoms with Crippen molar-refractivity contribution in [3.8, 4) is 5.75 Å². The molecule has 0 aliphatic heterocycles. The van der Waals surface area contributed by atoms with Crippen LogP contribution in [0, 0.1) is 0 Å². The van der Waals surface area contributed by atoms with E-state index in [1.807, 2.05) is 45.0 Å². The van der Waals surface area contributed by atoms with Crippen LogP contribution in [0.1, 0.15) is 43.6 Å². The first-order valence-corrected chi connectivity index (χ1v) is 8.78. The molecule has 0 unspecified atom stereocenters. The van der Waals surface area contributed by atoms with E-state index >= 15 is 0 Å². The summed E-state index contributed by atoms with van der Waals surface area (Å²) in [5.74, 6) is 0.721. The molecule has 0 bridgehead atoms. The van der Waals surface area contributed by atoms with E-state index in [4.69, 9.17) is 4.74 Å². The number of hydrogen-bond donors (Lipinski definition) is 1. The summed E-state index contributed by atoms with van der Waals surface area (Å²) in [6, 6.07) is 11.8. The molecule has 0 radical (unpaired) electrons. The smallest absolute Gasteiger partial charge is 0.433 e. The predicted molar refractivity (Wildman–Crippen MR) is 98.6 cm³/mol. The maximum atomic E-state index is 12.7. The number of methoxy groups -OCH3 is 1. The van der Waals surface area contributed by atoms with E-state index < -0.39 is 11.9 Å². The molecule has 6 heteroatoms. The molecule has 1 heterocycles. The lowest BCUT2D eigenvalue weighted by atomic mass is 10.1. The number of hydrogen-bond acceptors (Lipinski definition) is 3. The predicted octanol–water partition coefficient (Wildman–Crippen LogP) is 5.07. The standard InChI is InChI=1S/C18H21F3N2O.C2H6/c1-13(16-4-3-5-17(23-16)18(19,20)21)12-22-11-10-14-6-8-15(24-2)9-7-14;1-2/h3-9,13,22H,10-12H2,1-2H3;1-2H3/t13-;/m0./s1. The van der Waals surface area contributed by atoms with Crippen molar-refractivity contribution >= 4 is 0 Å². The summed E-state index contributed by atoms with van der Waals surface area (Å²) in [6.07, 6.45) is -3.57. The van der Waals surface area contributed by atoms with Crippen molar-refractivity contribution in [3.05, 3.63) is 59.4 Å². The van der Waals surface area contributed by atoms with E-state index in [0.717, 1.165) is 24.8 Å². The lowest BCUT2D eigenvalue weighted by molar-refractivity contribution is -0.141. The SMILES string of the molecule is CC.COc1ccc(CCNC[C@H](C)c2cccc(C(F)(F)F)n2)cc1. The maximum absolute atomic E-state index is 12.7. The Bertz CT molecular complexity index is 642. The highest BCUT2D eigenvalue weighted by Gasteiger charge is 2.32. The molecule has 3 nitrogen and oxygen atoms in total. The molecule has 0 saturated heterocycles. The topological polar surface area (TPSA) is 34.1 Å². The minimum Gasteiger partial charge on any atom is -0.497 e. The van der Waals surface area contributed by atoms with Gasteiger partial charge in [0.2, 0.25) is 0 Å². The van der Waals surface area contributed by atoms with Crippen LogP contribution in [0.15, 0.2) is 42.5 Å². The van der Waals surface area contributed by atoms with Crippen molar-refractivity contribution in [1.82, 2.24) is 10.3 Å². The van der Waals surface area contributed by atoms with Crippen LogP contribution in [0.5, 0.6) is 5.75 Å². The van der Waals surface area contributed by atoms with Gasteiger partial charge in [-0.05, 0) is 42.8 Å². The van der Waals surface area contributed by atoms with Gasteiger partial charge < -0.3 is 10.1 Å². The van der Waals surface area contributed by atoms with E-state index in [9.17, 15) is 13.2 Å². The summed E-state index contributed by atoms with van der Waals surface area (Å²) in [5, 5.41) is 3.27. The van der Waals surface area contributed by atoms with Crippen molar-refractivity contribution in [2.75, 3.05) is 20.2 Å². The van der Waals surface area contributed by atoms with Crippen molar-refractivity contribution in [3.63, 3.8) is 0 Å². The summed E-state index contributed by atoms with van der Waals surface area (Å²) >= 11 is 0. The Morgan fingerprint density at radius 3 is 2.31 bits per heavy atom. The molecule has 144 valence electrons. The summed E-state index contributed by atoms with van der Waals surface area (Å²) in [5.41, 5.74) is 0.778. The van der Waals surface area contributed by atoms with Crippen LogP contribution in [0.3, 0.4) is 0 Å². The van der Waals surface area contributed by atoms with Crippen molar-refractivity contribution in [1.29, 1.82) is 0 Å². The second-order valence-electron chi connectivity index (χ2n) is 5.65. The number of rotatable bonds is 7. The fourth-order valence-electron chi connectivity index (χ4n) is 2.33. The van der Waals surface area contributed by atoms with Crippen LogP contribution in [0.25, 0.3) is 0 Å². The summed E-state index contributed by atoms with van der Waals surface area (Å²) in [6.45, 7) is 7.18. The monoisotopic (exact) mass is 368 g/mol. The van der Waals surface area contributed by atoms with Crippen LogP contribution >= 0.6 is 0 Å². The number of halogens is 3. The number of ether oxygens (including phenoxy) is 1. The lowest BCUT2D eigenvalue weighted by Gasteiger charge is -2.14. The molecule has 2 aromatic rings. The third kappa shape index (κ3) is 7.04. The van der Waals surface area contributed by atoms with Crippen molar-refractivity contribution in [2.24, 2.45) is 0 Å². The van der Waals surface area contributed by atoms with Crippen LogP contribution in [-0.4, -0.2) is 25.2 Å². The average Bonchev–Trinajstić information content (AvgIpc) is 2.66. The molecule has 0 saturated carbocycles. The molecule has 2 rings (SSSR count). The van der Waals surface area contributed by atoms with Gasteiger partial charge in [-0.25, -0.2) is 4.98 Å². The van der Waals surface area contributed by atoms with Crippen LogP contribution in [0.2, 0.25) is 0 Å². The van der Waals surface area contributed by atoms with Gasteiger partial charge in [0, 0.05) is 18.2 Å². The Balaban J connectivity index is 0.00000163. The first kappa shape index (κ1) is 22.0. The van der Waals surface area contributed by atoms with Crippen molar-refractivity contribution in [2.45, 2.75) is 39.3 Å². The molecule has 0 amide bonds. The first-order chi connectivity index (χ1) is 12.4. The van der Waals surface area contributed by atoms with Crippen LogP contribution in [0.4, 0.5) is 13.2 Å². The highest BCUT2D eigenvalue weighted by molar-refractivity contribution is 5.27. The quantitative estimate of drug-likeness (QED) is 0.693. The molecule has 26 heavy (non-hydrogen) atoms. The Morgan fingerprint density at radius 1 is 1.08 bits per heavy atom. The Morgan fingerprint density at radius 2 is 1.73 bits per heavy atom. The highest BCUT2D eigenvalue weighted by Crippen LogP contribution is 2.28. The number of aromatic nitrogens is 1. The zero-order chi connectivity index (χ0) is 19.6. The van der Waals surface area contributed by atoms with Gasteiger partial charge in [0.05, 0.1) is 7.11 Å². The molecule has 1 aromatic carbocycles. The maximum Gasteiger partial charge on any atom is 0.433 e. The van der Waals surface area contributed by atoms with Crippen LogP contribution in [-0.2, 0) is 12.6 Å². The number of nitrogens with one attached hydrogen (secondary N) is 1. The minimum absolute atomic E-state index is 0.0943. The summed E-state index contributed by atoms with van der Waals surface area (Å²) in [4.78, 5) is 3.72. The normalized spacial score (nSPS) is 12.1. The van der Waals surface area contributed by atoms with E-state index in [-0.39, 0.29) is 5.92 Å². The fraction of sp³-hybridized carbons (Fsp3) is 0.450. The molecule has 1 N–H and O–H groups in total. The Labute approximate surface area is 153 Å². The van der Waals surface area contributed by atoms with Gasteiger partial charge in [-0.1, -0.05) is 39.0 Å². The van der Waals surface area contributed by atoms with E-state index in [0.29, 0.717) is 12.2 Å². The van der Waals surface area contributed by atoms with Gasteiger partial charge in [-0.15, -0.1) is 0 Å².